The zero-order valence-electron chi connectivity index (χ0n) is 8.03. The van der Waals surface area contributed by atoms with Gasteiger partial charge in [-0.05, 0) is 42.5 Å². The van der Waals surface area contributed by atoms with Crippen molar-refractivity contribution < 1.29 is 10.0 Å². The third-order valence-corrected chi connectivity index (χ3v) is 2.71. The van der Waals surface area contributed by atoms with Crippen LogP contribution in [0.5, 0.6) is 0 Å². The van der Waals surface area contributed by atoms with Crippen LogP contribution in [0.25, 0.3) is 0 Å². The lowest BCUT2D eigenvalue weighted by Crippen LogP contribution is -2.34. The molecule has 0 fully saturated rings. The van der Waals surface area contributed by atoms with Crippen LogP contribution in [0.3, 0.4) is 0 Å². The van der Waals surface area contributed by atoms with E-state index < -0.39 is 7.12 Å². The number of benzene rings is 1. The van der Waals surface area contributed by atoms with Crippen molar-refractivity contribution in [1.82, 2.24) is 5.32 Å². The molecular formula is C10H14BNO2. The van der Waals surface area contributed by atoms with Crippen molar-refractivity contribution in [2.45, 2.75) is 12.8 Å². The lowest BCUT2D eigenvalue weighted by Gasteiger charge is -2.10. The average Bonchev–Trinajstić information content (AvgIpc) is 2.41. The van der Waals surface area contributed by atoms with E-state index >= 15 is 0 Å². The summed E-state index contributed by atoms with van der Waals surface area (Å²) in [5.74, 6) is 0. The average molecular weight is 191 g/mol. The Morgan fingerprint density at radius 3 is 2.71 bits per heavy atom. The van der Waals surface area contributed by atoms with Gasteiger partial charge in [-0.2, -0.15) is 0 Å². The zero-order valence-corrected chi connectivity index (χ0v) is 8.03. The highest BCUT2D eigenvalue weighted by Crippen LogP contribution is 2.10. The molecule has 0 bridgehead atoms. The maximum atomic E-state index is 9.21. The summed E-state index contributed by atoms with van der Waals surface area (Å²) in [6.07, 6.45) is 1.85. The van der Waals surface area contributed by atoms with E-state index in [1.165, 1.54) is 5.56 Å². The van der Waals surface area contributed by atoms with Crippen LogP contribution in [0.15, 0.2) is 18.2 Å². The molecule has 4 heteroatoms. The third kappa shape index (κ3) is 1.82. The Morgan fingerprint density at radius 1 is 1.14 bits per heavy atom. The van der Waals surface area contributed by atoms with E-state index in [0.29, 0.717) is 5.46 Å². The smallest absolute Gasteiger partial charge is 0.423 e. The highest BCUT2D eigenvalue weighted by atomic mass is 16.4. The van der Waals surface area contributed by atoms with Crippen LogP contribution < -0.4 is 10.8 Å². The lowest BCUT2D eigenvalue weighted by atomic mass is 9.75. The molecule has 0 radical (unpaired) electrons. The molecule has 3 nitrogen and oxygen atoms in total. The molecule has 1 aromatic carbocycles. The van der Waals surface area contributed by atoms with Crippen LogP contribution in [0.1, 0.15) is 11.1 Å². The Bertz CT molecular complexity index is 328. The van der Waals surface area contributed by atoms with Gasteiger partial charge in [0.2, 0.25) is 0 Å². The summed E-state index contributed by atoms with van der Waals surface area (Å²) >= 11 is 0. The van der Waals surface area contributed by atoms with Crippen molar-refractivity contribution in [3.05, 3.63) is 29.3 Å². The molecule has 0 saturated heterocycles. The molecule has 14 heavy (non-hydrogen) atoms. The van der Waals surface area contributed by atoms with Crippen molar-refractivity contribution in [2.75, 3.05) is 13.1 Å². The van der Waals surface area contributed by atoms with Gasteiger partial charge in [-0.25, -0.2) is 0 Å². The van der Waals surface area contributed by atoms with Gasteiger partial charge < -0.3 is 15.4 Å². The fraction of sp³-hybridized carbons (Fsp3) is 0.400. The van der Waals surface area contributed by atoms with Gasteiger partial charge >= 0.3 is 7.12 Å². The van der Waals surface area contributed by atoms with Crippen LogP contribution in [0.2, 0.25) is 0 Å². The zero-order chi connectivity index (χ0) is 9.97. The van der Waals surface area contributed by atoms with E-state index in [0.717, 1.165) is 31.5 Å². The standard InChI is InChI=1S/C10H14BNO2/c13-11(14)10-3-1-2-8-4-6-12-7-5-9(8)10/h1-3,12-14H,4-7H2. The van der Waals surface area contributed by atoms with Gasteiger partial charge in [0.05, 0.1) is 0 Å². The third-order valence-electron chi connectivity index (χ3n) is 2.71. The number of hydrogen-bond donors (Lipinski definition) is 3. The summed E-state index contributed by atoms with van der Waals surface area (Å²) in [4.78, 5) is 0. The predicted molar refractivity (Wildman–Crippen MR) is 56.5 cm³/mol. The molecule has 1 aliphatic heterocycles. The van der Waals surface area contributed by atoms with Crippen LogP contribution >= 0.6 is 0 Å². The van der Waals surface area contributed by atoms with Crippen LogP contribution in [0.4, 0.5) is 0 Å². The van der Waals surface area contributed by atoms with Gasteiger partial charge in [0, 0.05) is 0 Å². The van der Waals surface area contributed by atoms with E-state index in [4.69, 9.17) is 0 Å². The Kier molecular flexibility index (Phi) is 2.86. The van der Waals surface area contributed by atoms with E-state index in [2.05, 4.69) is 11.4 Å². The minimum absolute atomic E-state index is 0.659. The topological polar surface area (TPSA) is 52.5 Å². The van der Waals surface area contributed by atoms with Crippen LogP contribution in [0, 0.1) is 0 Å². The molecule has 3 N–H and O–H groups in total. The second kappa shape index (κ2) is 4.13. The maximum absolute atomic E-state index is 9.21. The first-order valence-corrected chi connectivity index (χ1v) is 4.96. The minimum atomic E-state index is -1.34. The summed E-state index contributed by atoms with van der Waals surface area (Å²) in [6, 6.07) is 5.74. The fourth-order valence-electron chi connectivity index (χ4n) is 2.00. The molecule has 0 saturated carbocycles. The highest BCUT2D eigenvalue weighted by molar-refractivity contribution is 6.59. The second-order valence-corrected chi connectivity index (χ2v) is 3.61. The second-order valence-electron chi connectivity index (χ2n) is 3.61. The molecule has 0 aromatic heterocycles. The quantitative estimate of drug-likeness (QED) is 0.502. The highest BCUT2D eigenvalue weighted by Gasteiger charge is 2.18. The SMILES string of the molecule is OB(O)c1cccc2c1CCNCC2. The molecule has 1 aliphatic rings. The molecule has 2 rings (SSSR count). The van der Waals surface area contributed by atoms with Crippen LogP contribution in [-0.4, -0.2) is 30.3 Å². The van der Waals surface area contributed by atoms with Crippen molar-refractivity contribution in [1.29, 1.82) is 0 Å². The molecule has 0 amide bonds. The van der Waals surface area contributed by atoms with Crippen molar-refractivity contribution >= 4 is 12.6 Å². The first-order valence-electron chi connectivity index (χ1n) is 4.96. The maximum Gasteiger partial charge on any atom is 0.488 e. The summed E-state index contributed by atoms with van der Waals surface area (Å²) < 4.78 is 0. The van der Waals surface area contributed by atoms with Gasteiger partial charge in [-0.15, -0.1) is 0 Å². The molecule has 0 unspecified atom stereocenters. The Labute approximate surface area is 83.9 Å². The van der Waals surface area contributed by atoms with E-state index in [1.807, 2.05) is 6.07 Å². The van der Waals surface area contributed by atoms with Crippen molar-refractivity contribution in [3.8, 4) is 0 Å². The Balaban J connectivity index is 2.42. The van der Waals surface area contributed by atoms with E-state index in [9.17, 15) is 10.0 Å². The van der Waals surface area contributed by atoms with Crippen molar-refractivity contribution in [3.63, 3.8) is 0 Å². The van der Waals surface area contributed by atoms with Gasteiger partial charge in [-0.3, -0.25) is 0 Å². The fourth-order valence-corrected chi connectivity index (χ4v) is 2.00. The molecule has 0 atom stereocenters. The Morgan fingerprint density at radius 2 is 1.93 bits per heavy atom. The normalized spacial score (nSPS) is 15.9. The van der Waals surface area contributed by atoms with E-state index in [-0.39, 0.29) is 0 Å². The summed E-state index contributed by atoms with van der Waals surface area (Å²) in [5, 5.41) is 21.7. The van der Waals surface area contributed by atoms with Gasteiger partial charge in [-0.1, -0.05) is 18.2 Å². The summed E-state index contributed by atoms with van der Waals surface area (Å²) in [7, 11) is -1.34. The predicted octanol–water partition coefficient (Wildman–Crippen LogP) is -0.945. The van der Waals surface area contributed by atoms with Gasteiger partial charge in [0.1, 0.15) is 0 Å². The molecule has 74 valence electrons. The molecule has 1 heterocycles. The van der Waals surface area contributed by atoms with Gasteiger partial charge in [0.25, 0.3) is 0 Å². The first kappa shape index (κ1) is 9.71. The monoisotopic (exact) mass is 191 g/mol. The van der Waals surface area contributed by atoms with E-state index in [1.54, 1.807) is 6.07 Å². The number of hydrogen-bond acceptors (Lipinski definition) is 3. The van der Waals surface area contributed by atoms with Gasteiger partial charge in [0.15, 0.2) is 0 Å². The van der Waals surface area contributed by atoms with Crippen LogP contribution in [-0.2, 0) is 12.8 Å². The molecule has 0 spiro atoms. The minimum Gasteiger partial charge on any atom is -0.423 e. The largest absolute Gasteiger partial charge is 0.488 e. The number of rotatable bonds is 1. The molecule has 1 aromatic rings. The number of fused-ring (bicyclic) bond motifs is 1. The number of nitrogens with one attached hydrogen (secondary N) is 1. The lowest BCUT2D eigenvalue weighted by molar-refractivity contribution is 0.425. The first-order chi connectivity index (χ1) is 6.79. The Hall–Kier alpha value is -0.835. The van der Waals surface area contributed by atoms with Crippen molar-refractivity contribution in [2.24, 2.45) is 0 Å². The summed E-state index contributed by atoms with van der Waals surface area (Å²) in [5.41, 5.74) is 3.00. The summed E-state index contributed by atoms with van der Waals surface area (Å²) in [6.45, 7) is 1.88. The molecule has 0 aliphatic carbocycles. The molecular weight excluding hydrogens is 177 g/mol.